The quantitative estimate of drug-likeness (QED) is 0.262. The van der Waals surface area contributed by atoms with Crippen molar-refractivity contribution in [2.45, 2.75) is 38.5 Å². The Morgan fingerprint density at radius 3 is 2.28 bits per heavy atom. The van der Waals surface area contributed by atoms with Crippen LogP contribution in [-0.2, 0) is 25.3 Å². The minimum Gasteiger partial charge on any atom is -0.480 e. The maximum Gasteiger partial charge on any atom is 0.408 e. The van der Waals surface area contributed by atoms with Crippen LogP contribution in [0.1, 0.15) is 28.7 Å². The number of nitrogens with one attached hydrogen (secondary N) is 2. The number of rotatable bonds is 8. The number of nitrogens with zero attached hydrogens (tertiary/aromatic N) is 4. The highest BCUT2D eigenvalue weighted by molar-refractivity contribution is 5.97. The fourth-order valence-electron chi connectivity index (χ4n) is 4.53. The maximum absolute atomic E-state index is 14.7. The molecular formula is C27H25F5N6O5. The van der Waals surface area contributed by atoms with Gasteiger partial charge in [-0.05, 0) is 38.1 Å². The van der Waals surface area contributed by atoms with Gasteiger partial charge in [0.2, 0.25) is 0 Å². The average molecular weight is 609 g/mol. The molecule has 0 saturated heterocycles. The first kappa shape index (κ1) is 30.9. The molecule has 0 aliphatic heterocycles. The van der Waals surface area contributed by atoms with E-state index in [-0.39, 0.29) is 16.9 Å². The summed E-state index contributed by atoms with van der Waals surface area (Å²) in [5, 5.41) is 13.7. The number of fused-ring (bicyclic) bond motifs is 1. The van der Waals surface area contributed by atoms with Crippen molar-refractivity contribution in [1.29, 1.82) is 0 Å². The van der Waals surface area contributed by atoms with Gasteiger partial charge in [-0.2, -0.15) is 13.2 Å². The number of carbonyl (C=O) groups is 2. The summed E-state index contributed by atoms with van der Waals surface area (Å²) in [6, 6.07) is 0.108. The van der Waals surface area contributed by atoms with Crippen LogP contribution in [0.5, 0.6) is 0 Å². The van der Waals surface area contributed by atoms with E-state index in [4.69, 9.17) is 0 Å². The lowest BCUT2D eigenvalue weighted by molar-refractivity contribution is -0.139. The molecule has 2 atom stereocenters. The Hall–Kier alpha value is -5.02. The van der Waals surface area contributed by atoms with Crippen LogP contribution < -0.4 is 21.9 Å². The summed E-state index contributed by atoms with van der Waals surface area (Å²) >= 11 is 0. The van der Waals surface area contributed by atoms with Gasteiger partial charge in [-0.15, -0.1) is 0 Å². The molecule has 4 rings (SSSR count). The highest BCUT2D eigenvalue weighted by atomic mass is 19.4. The van der Waals surface area contributed by atoms with Crippen molar-refractivity contribution in [2.75, 3.05) is 5.32 Å². The number of carbonyl (C=O) groups excluding carboxylic acids is 1. The topological polar surface area (TPSA) is 140 Å². The van der Waals surface area contributed by atoms with Gasteiger partial charge in [0.15, 0.2) is 0 Å². The smallest absolute Gasteiger partial charge is 0.408 e. The summed E-state index contributed by atoms with van der Waals surface area (Å²) in [5.74, 6) is -6.00. The van der Waals surface area contributed by atoms with Gasteiger partial charge in [-0.3, -0.25) is 14.2 Å². The van der Waals surface area contributed by atoms with Crippen LogP contribution in [0.2, 0.25) is 0 Å². The number of pyridine rings is 1. The lowest BCUT2D eigenvalue weighted by Gasteiger charge is -2.20. The Morgan fingerprint density at radius 2 is 1.70 bits per heavy atom. The largest absolute Gasteiger partial charge is 0.480 e. The molecule has 0 spiro atoms. The van der Waals surface area contributed by atoms with Gasteiger partial charge in [0.05, 0.1) is 5.56 Å². The van der Waals surface area contributed by atoms with Crippen molar-refractivity contribution < 1.29 is 36.6 Å². The Labute approximate surface area is 239 Å². The molecule has 3 aromatic heterocycles. The summed E-state index contributed by atoms with van der Waals surface area (Å²) in [7, 11) is 2.82. The fraction of sp³-hybridized carbons (Fsp3) is 0.296. The molecule has 0 fully saturated rings. The Balaban J connectivity index is 1.65. The summed E-state index contributed by atoms with van der Waals surface area (Å²) in [5.41, 5.74) is -1.45. The van der Waals surface area contributed by atoms with E-state index in [1.54, 1.807) is 6.92 Å². The summed E-state index contributed by atoms with van der Waals surface area (Å²) in [6.45, 7) is 2.32. The van der Waals surface area contributed by atoms with E-state index in [0.717, 1.165) is 11.5 Å². The van der Waals surface area contributed by atoms with Gasteiger partial charge in [0.25, 0.3) is 11.5 Å². The number of aliphatic carboxylic acids is 1. The number of hydrogen-bond acceptors (Lipinski definition) is 6. The van der Waals surface area contributed by atoms with Crippen molar-refractivity contribution in [3.8, 4) is 11.1 Å². The second-order valence-corrected chi connectivity index (χ2v) is 9.82. The molecule has 3 N–H and O–H groups in total. The molecule has 0 unspecified atom stereocenters. The molecule has 4 aromatic rings. The van der Waals surface area contributed by atoms with Crippen LogP contribution in [0.4, 0.5) is 27.6 Å². The highest BCUT2D eigenvalue weighted by Crippen LogP contribution is 2.27. The molecule has 16 heteroatoms. The SMILES string of the molecule is Cc1c(-c2ccc(C[C@H](NC(=O)c3c(F)cc(N[C@H](C)C(F)(F)F)cc3F)C(=O)O)n3ccnc23)c(=O)n(C)c(=O)n1C. The number of anilines is 1. The minimum absolute atomic E-state index is 0.184. The van der Waals surface area contributed by atoms with Crippen molar-refractivity contribution >= 4 is 23.2 Å². The van der Waals surface area contributed by atoms with Crippen LogP contribution >= 0.6 is 0 Å². The average Bonchev–Trinajstić information content (AvgIpc) is 3.41. The Morgan fingerprint density at radius 1 is 1.07 bits per heavy atom. The molecule has 11 nitrogen and oxygen atoms in total. The van der Waals surface area contributed by atoms with Gasteiger partial charge in [0, 0.05) is 55.5 Å². The number of amides is 1. The maximum atomic E-state index is 14.7. The van der Waals surface area contributed by atoms with Gasteiger partial charge in [0.1, 0.15) is 34.9 Å². The monoisotopic (exact) mass is 608 g/mol. The Bertz CT molecular complexity index is 1850. The normalized spacial score (nSPS) is 13.1. The molecule has 0 saturated carbocycles. The van der Waals surface area contributed by atoms with E-state index >= 15 is 0 Å². The number of carboxylic acids is 1. The zero-order chi connectivity index (χ0) is 32.0. The van der Waals surface area contributed by atoms with Crippen LogP contribution in [0.3, 0.4) is 0 Å². The molecule has 0 bridgehead atoms. The highest BCUT2D eigenvalue weighted by Gasteiger charge is 2.36. The van der Waals surface area contributed by atoms with Crippen molar-refractivity contribution in [2.24, 2.45) is 14.1 Å². The first-order valence-electron chi connectivity index (χ1n) is 12.6. The predicted octanol–water partition coefficient (Wildman–Crippen LogP) is 2.77. The number of carboxylic acid groups (broad SMARTS) is 1. The van der Waals surface area contributed by atoms with Crippen LogP contribution in [-0.4, -0.2) is 53.8 Å². The van der Waals surface area contributed by atoms with Crippen molar-refractivity contribution in [3.63, 3.8) is 0 Å². The van der Waals surface area contributed by atoms with E-state index in [1.165, 1.54) is 47.6 Å². The van der Waals surface area contributed by atoms with E-state index in [1.807, 2.05) is 10.6 Å². The number of hydrogen-bond donors (Lipinski definition) is 3. The summed E-state index contributed by atoms with van der Waals surface area (Å²) in [4.78, 5) is 54.4. The molecular weight excluding hydrogens is 583 g/mol. The zero-order valence-electron chi connectivity index (χ0n) is 23.1. The van der Waals surface area contributed by atoms with Crippen molar-refractivity contribution in [1.82, 2.24) is 23.8 Å². The molecule has 0 aliphatic rings. The van der Waals surface area contributed by atoms with Crippen LogP contribution in [0.25, 0.3) is 16.8 Å². The van der Waals surface area contributed by atoms with E-state index in [0.29, 0.717) is 23.4 Å². The van der Waals surface area contributed by atoms with Gasteiger partial charge >= 0.3 is 17.8 Å². The second kappa shape index (κ2) is 11.3. The Kier molecular flexibility index (Phi) is 8.15. The van der Waals surface area contributed by atoms with Gasteiger partial charge in [-0.1, -0.05) is 0 Å². The second-order valence-electron chi connectivity index (χ2n) is 9.82. The van der Waals surface area contributed by atoms with Crippen LogP contribution in [0.15, 0.2) is 46.2 Å². The summed E-state index contributed by atoms with van der Waals surface area (Å²) in [6.07, 6.45) is -2.24. The predicted molar refractivity (Wildman–Crippen MR) is 144 cm³/mol. The molecule has 0 radical (unpaired) electrons. The number of imidazole rings is 1. The molecule has 1 amide bonds. The number of aromatic nitrogens is 4. The third-order valence-corrected chi connectivity index (χ3v) is 7.02. The standard InChI is InChI=1S/C27H25F5N6O5/c1-12-20(24(40)37(4)26(43)36(12)3)16-6-5-15(38-8-7-33-22(16)38)11-19(25(41)42)35-23(39)21-17(28)9-14(10-18(21)29)34-13(2)27(30,31)32/h5-10,13,19,34H,11H2,1-4H3,(H,35,39)(H,41,42)/t13-,19+/m1/s1. The first-order valence-corrected chi connectivity index (χ1v) is 12.6. The first-order chi connectivity index (χ1) is 20.0. The minimum atomic E-state index is -4.70. The van der Waals surface area contributed by atoms with Gasteiger partial charge in [-0.25, -0.2) is 23.4 Å². The van der Waals surface area contributed by atoms with E-state index in [9.17, 15) is 46.2 Å². The summed E-state index contributed by atoms with van der Waals surface area (Å²) < 4.78 is 71.5. The number of alkyl halides is 3. The fourth-order valence-corrected chi connectivity index (χ4v) is 4.53. The number of halogens is 5. The van der Waals surface area contributed by atoms with E-state index < -0.39 is 70.7 Å². The zero-order valence-corrected chi connectivity index (χ0v) is 23.1. The molecule has 1 aromatic carbocycles. The molecule has 228 valence electrons. The lowest BCUT2D eigenvalue weighted by atomic mass is 10.0. The molecule has 3 heterocycles. The lowest BCUT2D eigenvalue weighted by Crippen LogP contribution is -2.43. The third-order valence-electron chi connectivity index (χ3n) is 7.02. The van der Waals surface area contributed by atoms with E-state index in [2.05, 4.69) is 4.98 Å². The molecule has 0 aliphatic carbocycles. The third kappa shape index (κ3) is 5.85. The van der Waals surface area contributed by atoms with Crippen molar-refractivity contribution in [3.05, 3.63) is 86.1 Å². The van der Waals surface area contributed by atoms with Crippen LogP contribution in [0, 0.1) is 18.6 Å². The number of benzene rings is 1. The molecule has 43 heavy (non-hydrogen) atoms. The van der Waals surface area contributed by atoms with Gasteiger partial charge < -0.3 is 24.7 Å².